The van der Waals surface area contributed by atoms with Crippen molar-refractivity contribution in [3.8, 4) is 0 Å². The number of aryl methyl sites for hydroxylation is 2. The Morgan fingerprint density at radius 1 is 1.42 bits per heavy atom. The van der Waals surface area contributed by atoms with Gasteiger partial charge in [-0.25, -0.2) is 0 Å². The lowest BCUT2D eigenvalue weighted by Crippen LogP contribution is -2.38. The molecular weight excluding hydrogens is 238 g/mol. The average molecular weight is 261 g/mol. The minimum absolute atomic E-state index is 0.0265. The summed E-state index contributed by atoms with van der Waals surface area (Å²) in [6, 6.07) is 6.47. The van der Waals surface area contributed by atoms with Gasteiger partial charge >= 0.3 is 5.97 Å². The maximum atomic E-state index is 10.9. The third-order valence-electron chi connectivity index (χ3n) is 4.08. The zero-order valence-electron chi connectivity index (χ0n) is 12.2. The summed E-state index contributed by atoms with van der Waals surface area (Å²) in [6.07, 6.45) is 1.21. The van der Waals surface area contributed by atoms with Gasteiger partial charge in [-0.3, -0.25) is 4.79 Å². The standard InChI is InChI=1S/C16H23NO2/c1-11-5-6-12(2)14(7-11)17-10-13(8-15(18)19)9-16(17,3)4/h5-7,13H,8-10H2,1-4H3,(H,18,19). The lowest BCUT2D eigenvalue weighted by atomic mass is 9.94. The maximum Gasteiger partial charge on any atom is 0.303 e. The zero-order valence-corrected chi connectivity index (χ0v) is 12.2. The van der Waals surface area contributed by atoms with Crippen LogP contribution >= 0.6 is 0 Å². The number of hydrogen-bond acceptors (Lipinski definition) is 2. The summed E-state index contributed by atoms with van der Waals surface area (Å²) in [5.41, 5.74) is 3.78. The predicted octanol–water partition coefficient (Wildman–Crippen LogP) is 3.38. The fourth-order valence-corrected chi connectivity index (χ4v) is 3.20. The van der Waals surface area contributed by atoms with Crippen LogP contribution in [0.1, 0.15) is 37.8 Å². The Balaban J connectivity index is 2.28. The van der Waals surface area contributed by atoms with Gasteiger partial charge in [-0.1, -0.05) is 12.1 Å². The van der Waals surface area contributed by atoms with E-state index in [1.807, 2.05) is 0 Å². The monoisotopic (exact) mass is 261 g/mol. The molecule has 19 heavy (non-hydrogen) atoms. The van der Waals surface area contributed by atoms with E-state index in [0.717, 1.165) is 13.0 Å². The molecule has 0 aliphatic carbocycles. The highest BCUT2D eigenvalue weighted by Gasteiger charge is 2.39. The summed E-state index contributed by atoms with van der Waals surface area (Å²) < 4.78 is 0. The molecule has 0 saturated carbocycles. The van der Waals surface area contributed by atoms with Crippen molar-refractivity contribution in [2.45, 2.75) is 46.1 Å². The minimum Gasteiger partial charge on any atom is -0.481 e. The van der Waals surface area contributed by atoms with Crippen LogP contribution in [0.4, 0.5) is 5.69 Å². The molecule has 2 rings (SSSR count). The van der Waals surface area contributed by atoms with E-state index in [0.29, 0.717) is 0 Å². The van der Waals surface area contributed by atoms with Crippen molar-refractivity contribution in [2.24, 2.45) is 5.92 Å². The Kier molecular flexibility index (Phi) is 3.57. The second kappa shape index (κ2) is 4.87. The quantitative estimate of drug-likeness (QED) is 0.906. The lowest BCUT2D eigenvalue weighted by molar-refractivity contribution is -0.137. The first-order valence-corrected chi connectivity index (χ1v) is 6.86. The van der Waals surface area contributed by atoms with E-state index in [9.17, 15) is 4.79 Å². The van der Waals surface area contributed by atoms with Gasteiger partial charge in [-0.05, 0) is 57.2 Å². The molecule has 0 spiro atoms. The van der Waals surface area contributed by atoms with Crippen molar-refractivity contribution in [3.63, 3.8) is 0 Å². The average Bonchev–Trinajstić information content (AvgIpc) is 2.56. The Morgan fingerprint density at radius 2 is 2.11 bits per heavy atom. The van der Waals surface area contributed by atoms with Gasteiger partial charge in [0.1, 0.15) is 0 Å². The lowest BCUT2D eigenvalue weighted by Gasteiger charge is -2.35. The number of benzene rings is 1. The molecule has 0 bridgehead atoms. The molecular formula is C16H23NO2. The Labute approximate surface area is 115 Å². The number of carbonyl (C=O) groups is 1. The predicted molar refractivity (Wildman–Crippen MR) is 77.7 cm³/mol. The summed E-state index contributed by atoms with van der Waals surface area (Å²) in [5.74, 6) is -0.448. The molecule has 3 heteroatoms. The summed E-state index contributed by atoms with van der Waals surface area (Å²) >= 11 is 0. The third-order valence-corrected chi connectivity index (χ3v) is 4.08. The van der Waals surface area contributed by atoms with Gasteiger partial charge in [0.2, 0.25) is 0 Å². The van der Waals surface area contributed by atoms with E-state index in [1.165, 1.54) is 16.8 Å². The van der Waals surface area contributed by atoms with Crippen molar-refractivity contribution < 1.29 is 9.90 Å². The van der Waals surface area contributed by atoms with Crippen molar-refractivity contribution >= 4 is 11.7 Å². The highest BCUT2D eigenvalue weighted by molar-refractivity contribution is 5.67. The van der Waals surface area contributed by atoms with Crippen LogP contribution < -0.4 is 4.90 Å². The second-order valence-electron chi connectivity index (χ2n) is 6.38. The van der Waals surface area contributed by atoms with Crippen LogP contribution in [0.2, 0.25) is 0 Å². The number of hydrogen-bond donors (Lipinski definition) is 1. The molecule has 1 fully saturated rings. The smallest absolute Gasteiger partial charge is 0.303 e. The van der Waals surface area contributed by atoms with Crippen LogP contribution in [-0.2, 0) is 4.79 Å². The number of aliphatic carboxylic acids is 1. The minimum atomic E-state index is -0.691. The molecule has 104 valence electrons. The van der Waals surface area contributed by atoms with Crippen molar-refractivity contribution in [3.05, 3.63) is 29.3 Å². The Hall–Kier alpha value is -1.51. The normalized spacial score (nSPS) is 21.7. The van der Waals surface area contributed by atoms with E-state index in [1.54, 1.807) is 0 Å². The third kappa shape index (κ3) is 2.91. The molecule has 1 aromatic rings. The number of nitrogens with zero attached hydrogens (tertiary/aromatic N) is 1. The van der Waals surface area contributed by atoms with Crippen LogP contribution in [0.15, 0.2) is 18.2 Å². The van der Waals surface area contributed by atoms with Crippen LogP contribution in [0, 0.1) is 19.8 Å². The Bertz CT molecular complexity index is 494. The number of carboxylic acid groups (broad SMARTS) is 1. The van der Waals surface area contributed by atoms with Crippen molar-refractivity contribution in [1.82, 2.24) is 0 Å². The first-order chi connectivity index (χ1) is 8.79. The summed E-state index contributed by atoms with van der Waals surface area (Å²) in [5, 5.41) is 8.98. The fourth-order valence-electron chi connectivity index (χ4n) is 3.20. The first kappa shape index (κ1) is 13.9. The van der Waals surface area contributed by atoms with E-state index >= 15 is 0 Å². The molecule has 1 aromatic carbocycles. The SMILES string of the molecule is Cc1ccc(C)c(N2CC(CC(=O)O)CC2(C)C)c1. The molecule has 0 radical (unpaired) electrons. The first-order valence-electron chi connectivity index (χ1n) is 6.86. The topological polar surface area (TPSA) is 40.5 Å². The highest BCUT2D eigenvalue weighted by Crippen LogP contribution is 2.39. The molecule has 0 aromatic heterocycles. The van der Waals surface area contributed by atoms with Gasteiger partial charge in [0, 0.05) is 24.2 Å². The summed E-state index contributed by atoms with van der Waals surface area (Å²) in [6.45, 7) is 9.47. The molecule has 1 aliphatic heterocycles. The Morgan fingerprint density at radius 3 is 2.74 bits per heavy atom. The fraction of sp³-hybridized carbons (Fsp3) is 0.562. The summed E-state index contributed by atoms with van der Waals surface area (Å²) in [4.78, 5) is 13.3. The molecule has 1 heterocycles. The van der Waals surface area contributed by atoms with Gasteiger partial charge in [-0.15, -0.1) is 0 Å². The van der Waals surface area contributed by atoms with E-state index in [4.69, 9.17) is 5.11 Å². The van der Waals surface area contributed by atoms with E-state index in [-0.39, 0.29) is 17.9 Å². The molecule has 0 amide bonds. The van der Waals surface area contributed by atoms with Crippen LogP contribution in [0.5, 0.6) is 0 Å². The van der Waals surface area contributed by atoms with Gasteiger partial charge < -0.3 is 10.0 Å². The van der Waals surface area contributed by atoms with Crippen LogP contribution in [0.3, 0.4) is 0 Å². The highest BCUT2D eigenvalue weighted by atomic mass is 16.4. The van der Waals surface area contributed by atoms with Gasteiger partial charge in [0.15, 0.2) is 0 Å². The van der Waals surface area contributed by atoms with Crippen LogP contribution in [-0.4, -0.2) is 23.2 Å². The zero-order chi connectivity index (χ0) is 14.2. The van der Waals surface area contributed by atoms with Crippen molar-refractivity contribution in [2.75, 3.05) is 11.4 Å². The van der Waals surface area contributed by atoms with Gasteiger partial charge in [0.25, 0.3) is 0 Å². The molecule has 1 atom stereocenters. The van der Waals surface area contributed by atoms with E-state index < -0.39 is 5.97 Å². The summed E-state index contributed by atoms with van der Waals surface area (Å²) in [7, 11) is 0. The van der Waals surface area contributed by atoms with Gasteiger partial charge in [0.05, 0.1) is 0 Å². The number of anilines is 1. The molecule has 1 N–H and O–H groups in total. The largest absolute Gasteiger partial charge is 0.481 e. The number of rotatable bonds is 3. The van der Waals surface area contributed by atoms with Gasteiger partial charge in [-0.2, -0.15) is 0 Å². The second-order valence-corrected chi connectivity index (χ2v) is 6.38. The number of carboxylic acids is 1. The van der Waals surface area contributed by atoms with E-state index in [2.05, 4.69) is 50.8 Å². The maximum absolute atomic E-state index is 10.9. The molecule has 1 aliphatic rings. The molecule has 3 nitrogen and oxygen atoms in total. The molecule has 1 unspecified atom stereocenters. The molecule has 1 saturated heterocycles. The van der Waals surface area contributed by atoms with Crippen molar-refractivity contribution in [1.29, 1.82) is 0 Å². The van der Waals surface area contributed by atoms with Crippen LogP contribution in [0.25, 0.3) is 0 Å².